The van der Waals surface area contributed by atoms with Gasteiger partial charge in [-0.15, -0.1) is 0 Å². The minimum Gasteiger partial charge on any atom is -0.337 e. The average molecular weight is 263 g/mol. The van der Waals surface area contributed by atoms with Crippen molar-refractivity contribution in [1.82, 2.24) is 14.8 Å². The molecule has 4 nitrogen and oxygen atoms in total. The standard InChI is InChI=1S/C14H18FN3O/c1-17-8-13-3-2-12(17)9-18(13)14(19)5-10-4-11(15)7-16-6-10/h4,6-7,12-13H,2-3,5,8-9H2,1H3. The second-order valence-electron chi connectivity index (χ2n) is 5.56. The Kier molecular flexibility index (Phi) is 3.22. The molecular weight excluding hydrogens is 245 g/mol. The topological polar surface area (TPSA) is 36.4 Å². The molecule has 1 amide bonds. The molecule has 4 rings (SSSR count). The summed E-state index contributed by atoms with van der Waals surface area (Å²) in [7, 11) is 2.12. The lowest BCUT2D eigenvalue weighted by Gasteiger charge is -2.50. The first kappa shape index (κ1) is 12.5. The van der Waals surface area contributed by atoms with Crippen molar-refractivity contribution in [2.45, 2.75) is 31.3 Å². The second-order valence-corrected chi connectivity index (χ2v) is 5.56. The number of piperidine rings is 2. The van der Waals surface area contributed by atoms with Gasteiger partial charge in [-0.25, -0.2) is 4.39 Å². The first-order valence-electron chi connectivity index (χ1n) is 6.72. The number of aromatic nitrogens is 1. The monoisotopic (exact) mass is 263 g/mol. The number of carbonyl (C=O) groups is 1. The molecule has 2 atom stereocenters. The lowest BCUT2D eigenvalue weighted by Crippen LogP contribution is -2.62. The van der Waals surface area contributed by atoms with Crippen LogP contribution in [0.3, 0.4) is 0 Å². The molecule has 1 aromatic rings. The largest absolute Gasteiger partial charge is 0.337 e. The summed E-state index contributed by atoms with van der Waals surface area (Å²) in [5, 5.41) is 0. The van der Waals surface area contributed by atoms with Gasteiger partial charge < -0.3 is 4.90 Å². The zero-order chi connectivity index (χ0) is 13.4. The van der Waals surface area contributed by atoms with E-state index in [4.69, 9.17) is 0 Å². The van der Waals surface area contributed by atoms with Crippen molar-refractivity contribution in [3.8, 4) is 0 Å². The molecule has 102 valence electrons. The van der Waals surface area contributed by atoms with Gasteiger partial charge in [-0.3, -0.25) is 14.7 Å². The van der Waals surface area contributed by atoms with Gasteiger partial charge in [0.2, 0.25) is 5.91 Å². The number of fused-ring (bicyclic) bond motifs is 3. The van der Waals surface area contributed by atoms with E-state index in [1.807, 2.05) is 4.90 Å². The smallest absolute Gasteiger partial charge is 0.227 e. The van der Waals surface area contributed by atoms with Gasteiger partial charge in [0.25, 0.3) is 0 Å². The summed E-state index contributed by atoms with van der Waals surface area (Å²) in [6, 6.07) is 2.20. The SMILES string of the molecule is CN1CC2CCC1CN2C(=O)Cc1cncc(F)c1. The van der Waals surface area contributed by atoms with Gasteiger partial charge in [-0.2, -0.15) is 0 Å². The Balaban J connectivity index is 1.68. The molecule has 0 radical (unpaired) electrons. The lowest BCUT2D eigenvalue weighted by molar-refractivity contribution is -0.140. The molecule has 3 aliphatic heterocycles. The summed E-state index contributed by atoms with van der Waals surface area (Å²) in [4.78, 5) is 20.4. The van der Waals surface area contributed by atoms with Gasteiger partial charge in [-0.1, -0.05) is 0 Å². The fourth-order valence-corrected chi connectivity index (χ4v) is 3.17. The number of hydrogen-bond donors (Lipinski definition) is 0. The molecule has 3 fully saturated rings. The highest BCUT2D eigenvalue weighted by molar-refractivity contribution is 5.79. The van der Waals surface area contributed by atoms with Crippen molar-refractivity contribution in [3.63, 3.8) is 0 Å². The Labute approximate surface area is 112 Å². The number of piperazine rings is 1. The van der Waals surface area contributed by atoms with Crippen LogP contribution in [0.25, 0.3) is 0 Å². The van der Waals surface area contributed by atoms with Crippen LogP contribution in [-0.4, -0.2) is 52.9 Å². The molecule has 3 saturated heterocycles. The highest BCUT2D eigenvalue weighted by atomic mass is 19.1. The molecule has 2 bridgehead atoms. The van der Waals surface area contributed by atoms with Crippen molar-refractivity contribution in [3.05, 3.63) is 29.8 Å². The predicted molar refractivity (Wildman–Crippen MR) is 69.1 cm³/mol. The van der Waals surface area contributed by atoms with E-state index in [0.29, 0.717) is 17.6 Å². The van der Waals surface area contributed by atoms with Crippen molar-refractivity contribution < 1.29 is 9.18 Å². The van der Waals surface area contributed by atoms with Gasteiger partial charge in [0.15, 0.2) is 0 Å². The number of nitrogens with zero attached hydrogens (tertiary/aromatic N) is 3. The third kappa shape index (κ3) is 2.47. The Bertz CT molecular complexity index is 493. The molecule has 1 aromatic heterocycles. The Hall–Kier alpha value is -1.49. The summed E-state index contributed by atoms with van der Waals surface area (Å²) >= 11 is 0. The van der Waals surface area contributed by atoms with E-state index in [9.17, 15) is 9.18 Å². The van der Waals surface area contributed by atoms with Crippen molar-refractivity contribution in [2.75, 3.05) is 20.1 Å². The van der Waals surface area contributed by atoms with Crippen LogP contribution in [0.15, 0.2) is 18.5 Å². The third-order valence-corrected chi connectivity index (χ3v) is 4.24. The van der Waals surface area contributed by atoms with E-state index in [1.54, 1.807) is 6.20 Å². The molecule has 0 aliphatic carbocycles. The van der Waals surface area contributed by atoms with Crippen LogP contribution in [0.2, 0.25) is 0 Å². The highest BCUT2D eigenvalue weighted by Gasteiger charge is 2.39. The quantitative estimate of drug-likeness (QED) is 0.801. The maximum Gasteiger partial charge on any atom is 0.227 e. The minimum atomic E-state index is -0.384. The number of pyridine rings is 1. The molecule has 0 N–H and O–H groups in total. The minimum absolute atomic E-state index is 0.0928. The van der Waals surface area contributed by atoms with E-state index in [2.05, 4.69) is 16.9 Å². The number of amides is 1. The number of carbonyl (C=O) groups excluding carboxylic acids is 1. The lowest BCUT2D eigenvalue weighted by atomic mass is 9.91. The predicted octanol–water partition coefficient (Wildman–Crippen LogP) is 1.07. The summed E-state index contributed by atoms with van der Waals surface area (Å²) in [5.41, 5.74) is 0.653. The maximum absolute atomic E-state index is 13.1. The third-order valence-electron chi connectivity index (χ3n) is 4.24. The first-order chi connectivity index (χ1) is 9.13. The van der Waals surface area contributed by atoms with Crippen molar-refractivity contribution >= 4 is 5.91 Å². The van der Waals surface area contributed by atoms with E-state index in [-0.39, 0.29) is 18.1 Å². The van der Waals surface area contributed by atoms with E-state index in [0.717, 1.165) is 25.7 Å². The molecule has 5 heteroatoms. The van der Waals surface area contributed by atoms with Crippen molar-refractivity contribution in [2.24, 2.45) is 0 Å². The summed E-state index contributed by atoms with van der Waals surface area (Å²) < 4.78 is 13.1. The summed E-state index contributed by atoms with van der Waals surface area (Å²) in [6.07, 6.45) is 5.23. The molecule has 19 heavy (non-hydrogen) atoms. The van der Waals surface area contributed by atoms with Gasteiger partial charge in [-0.05, 0) is 31.5 Å². The van der Waals surface area contributed by atoms with Crippen LogP contribution < -0.4 is 0 Å². The van der Waals surface area contributed by atoms with E-state index >= 15 is 0 Å². The Morgan fingerprint density at radius 3 is 2.79 bits per heavy atom. The van der Waals surface area contributed by atoms with E-state index in [1.165, 1.54) is 12.5 Å². The van der Waals surface area contributed by atoms with Crippen molar-refractivity contribution in [1.29, 1.82) is 0 Å². The normalized spacial score (nSPS) is 26.7. The molecule has 4 heterocycles. The number of likely N-dealkylation sites (N-methyl/N-ethyl adjacent to an activating group) is 1. The number of rotatable bonds is 2. The van der Waals surface area contributed by atoms with Crippen LogP contribution in [0, 0.1) is 5.82 Å². The summed E-state index contributed by atoms with van der Waals surface area (Å²) in [5.74, 6) is -0.291. The Morgan fingerprint density at radius 1 is 1.37 bits per heavy atom. The fourth-order valence-electron chi connectivity index (χ4n) is 3.17. The van der Waals surface area contributed by atoms with Gasteiger partial charge in [0.1, 0.15) is 5.82 Å². The fraction of sp³-hybridized carbons (Fsp3) is 0.571. The molecule has 3 aliphatic rings. The van der Waals surface area contributed by atoms with Gasteiger partial charge in [0, 0.05) is 31.4 Å². The number of hydrogen-bond acceptors (Lipinski definition) is 3. The van der Waals surface area contributed by atoms with Crippen LogP contribution in [0.1, 0.15) is 18.4 Å². The number of halogens is 1. The Morgan fingerprint density at radius 2 is 2.16 bits per heavy atom. The van der Waals surface area contributed by atoms with Crippen LogP contribution in [0.5, 0.6) is 0 Å². The molecule has 2 unspecified atom stereocenters. The van der Waals surface area contributed by atoms with E-state index < -0.39 is 0 Å². The molecule has 0 aromatic carbocycles. The zero-order valence-electron chi connectivity index (χ0n) is 11.1. The van der Waals surface area contributed by atoms with Crippen LogP contribution >= 0.6 is 0 Å². The molecule has 0 spiro atoms. The molecular formula is C14H18FN3O. The maximum atomic E-state index is 13.1. The van der Waals surface area contributed by atoms with Gasteiger partial charge in [0.05, 0.1) is 12.6 Å². The molecule has 0 saturated carbocycles. The van der Waals surface area contributed by atoms with Crippen LogP contribution in [-0.2, 0) is 11.2 Å². The zero-order valence-corrected chi connectivity index (χ0v) is 11.1. The van der Waals surface area contributed by atoms with Crippen LogP contribution in [0.4, 0.5) is 4.39 Å². The first-order valence-corrected chi connectivity index (χ1v) is 6.72. The summed E-state index contributed by atoms with van der Waals surface area (Å²) in [6.45, 7) is 1.76. The van der Waals surface area contributed by atoms with Gasteiger partial charge >= 0.3 is 0 Å². The second kappa shape index (κ2) is 4.89. The highest BCUT2D eigenvalue weighted by Crippen LogP contribution is 2.28. The average Bonchev–Trinajstić information content (AvgIpc) is 2.39.